The third-order valence-corrected chi connectivity index (χ3v) is 4.28. The molecule has 0 saturated heterocycles. The maximum Gasteiger partial charge on any atom is 0.410 e. The van der Waals surface area contributed by atoms with E-state index in [1.165, 1.54) is 0 Å². The first-order valence-corrected chi connectivity index (χ1v) is 7.31. The number of benzene rings is 1. The lowest BCUT2D eigenvalue weighted by Gasteiger charge is -2.43. The van der Waals surface area contributed by atoms with E-state index < -0.39 is 6.09 Å². The van der Waals surface area contributed by atoms with Crippen molar-refractivity contribution in [1.29, 1.82) is 0 Å². The molecule has 0 radical (unpaired) electrons. The Labute approximate surface area is 133 Å². The van der Waals surface area contributed by atoms with Gasteiger partial charge in [-0.05, 0) is 19.4 Å². The predicted molar refractivity (Wildman–Crippen MR) is 90.8 cm³/mol. The number of carboxylic acid groups (broad SMARTS) is 1. The second-order valence-electron chi connectivity index (χ2n) is 5.80. The topological polar surface area (TPSA) is 112 Å². The van der Waals surface area contributed by atoms with E-state index in [4.69, 9.17) is 10.8 Å². The molecule has 1 aromatic heterocycles. The Morgan fingerprint density at radius 2 is 2.09 bits per heavy atom. The molecule has 1 aliphatic heterocycles. The molecule has 7 heteroatoms. The Balaban J connectivity index is 2.01. The quantitative estimate of drug-likeness (QED) is 0.583. The molecular weight excluding hydrogens is 294 g/mol. The summed E-state index contributed by atoms with van der Waals surface area (Å²) in [4.78, 5) is 14.9. The Morgan fingerprint density at radius 1 is 1.39 bits per heavy atom. The fourth-order valence-electron chi connectivity index (χ4n) is 2.84. The Morgan fingerprint density at radius 3 is 2.74 bits per heavy atom. The van der Waals surface area contributed by atoms with E-state index >= 15 is 0 Å². The number of aromatic nitrogens is 1. The van der Waals surface area contributed by atoms with Crippen molar-refractivity contribution in [3.8, 4) is 0 Å². The number of hydrogen-bond donors (Lipinski definition) is 5. The van der Waals surface area contributed by atoms with Gasteiger partial charge in [0.25, 0.3) is 0 Å². The highest BCUT2D eigenvalue weighted by Crippen LogP contribution is 2.42. The molecule has 7 nitrogen and oxygen atoms in total. The van der Waals surface area contributed by atoms with Gasteiger partial charge in [0, 0.05) is 6.07 Å². The molecule has 2 aromatic rings. The molecule has 1 amide bonds. The maximum absolute atomic E-state index is 10.8. The van der Waals surface area contributed by atoms with Crippen LogP contribution in [0.4, 0.5) is 27.8 Å². The minimum absolute atomic E-state index is 0.0527. The molecule has 120 valence electrons. The van der Waals surface area contributed by atoms with Crippen LogP contribution in [0.5, 0.6) is 0 Å². The first kappa shape index (κ1) is 15.0. The third-order valence-electron chi connectivity index (χ3n) is 4.28. The van der Waals surface area contributed by atoms with Gasteiger partial charge < -0.3 is 21.5 Å². The fourth-order valence-corrected chi connectivity index (χ4v) is 2.84. The second-order valence-corrected chi connectivity index (χ2v) is 5.80. The van der Waals surface area contributed by atoms with E-state index in [0.717, 1.165) is 11.3 Å². The molecular formula is C16H19N5O2. The summed E-state index contributed by atoms with van der Waals surface area (Å²) in [5, 5.41) is 17.9. The van der Waals surface area contributed by atoms with Crippen molar-refractivity contribution in [2.45, 2.75) is 25.4 Å². The lowest BCUT2D eigenvalue weighted by Crippen LogP contribution is -2.49. The number of hydrogen-bond acceptors (Lipinski definition) is 5. The van der Waals surface area contributed by atoms with Crippen LogP contribution in [0, 0.1) is 0 Å². The first-order chi connectivity index (χ1) is 10.9. The summed E-state index contributed by atoms with van der Waals surface area (Å²) >= 11 is 0. The lowest BCUT2D eigenvalue weighted by molar-refractivity contribution is 0.209. The van der Waals surface area contributed by atoms with Crippen LogP contribution < -0.4 is 21.7 Å². The molecule has 2 atom stereocenters. The van der Waals surface area contributed by atoms with Crippen LogP contribution in [0.2, 0.25) is 0 Å². The van der Waals surface area contributed by atoms with Crippen molar-refractivity contribution < 1.29 is 9.90 Å². The van der Waals surface area contributed by atoms with Crippen LogP contribution in [0.3, 0.4) is 0 Å². The second kappa shape index (κ2) is 5.35. The van der Waals surface area contributed by atoms with Gasteiger partial charge >= 0.3 is 6.09 Å². The molecule has 6 N–H and O–H groups in total. The van der Waals surface area contributed by atoms with E-state index in [1.54, 1.807) is 6.07 Å². The van der Waals surface area contributed by atoms with Crippen LogP contribution >= 0.6 is 0 Å². The predicted octanol–water partition coefficient (Wildman–Crippen LogP) is 2.90. The van der Waals surface area contributed by atoms with Gasteiger partial charge in [-0.2, -0.15) is 0 Å². The molecule has 0 bridgehead atoms. The highest BCUT2D eigenvalue weighted by atomic mass is 16.4. The standard InChI is InChI=1S/C16H19N5O2/c1-9-16(2,10-6-4-3-5-7-10)21-13-11(18-9)8-12(19-14(13)17)20-15(22)23/h3-9,18,21H,1-2H3,(H,22,23)(H3,17,19,20)/t9-,16?/m0/s1. The summed E-state index contributed by atoms with van der Waals surface area (Å²) in [7, 11) is 0. The Hall–Kier alpha value is -2.96. The summed E-state index contributed by atoms with van der Waals surface area (Å²) in [5.74, 6) is 0.436. The number of nitrogens with one attached hydrogen (secondary N) is 3. The van der Waals surface area contributed by atoms with E-state index in [0.29, 0.717) is 5.69 Å². The summed E-state index contributed by atoms with van der Waals surface area (Å²) in [6.45, 7) is 4.15. The number of anilines is 4. The SMILES string of the molecule is C[C@@H]1Nc2cc(NC(=O)O)nc(N)c2NC1(C)c1ccccc1. The molecule has 0 spiro atoms. The van der Waals surface area contributed by atoms with E-state index in [2.05, 4.69) is 46.9 Å². The number of pyridine rings is 1. The van der Waals surface area contributed by atoms with E-state index in [1.807, 2.05) is 18.2 Å². The Kier molecular flexibility index (Phi) is 3.48. The normalized spacial score (nSPS) is 22.4. The monoisotopic (exact) mass is 313 g/mol. The van der Waals surface area contributed by atoms with Gasteiger partial charge in [0.15, 0.2) is 5.82 Å². The van der Waals surface area contributed by atoms with Crippen LogP contribution in [0.15, 0.2) is 36.4 Å². The molecule has 23 heavy (non-hydrogen) atoms. The van der Waals surface area contributed by atoms with Crippen molar-refractivity contribution in [3.63, 3.8) is 0 Å². The molecule has 1 aliphatic rings. The smallest absolute Gasteiger partial charge is 0.410 e. The minimum Gasteiger partial charge on any atom is -0.465 e. The number of rotatable bonds is 2. The van der Waals surface area contributed by atoms with Crippen molar-refractivity contribution >= 4 is 29.1 Å². The fraction of sp³-hybridized carbons (Fsp3) is 0.250. The number of fused-ring (bicyclic) bond motifs is 1. The van der Waals surface area contributed by atoms with E-state index in [-0.39, 0.29) is 23.2 Å². The highest BCUT2D eigenvalue weighted by molar-refractivity contribution is 5.88. The highest BCUT2D eigenvalue weighted by Gasteiger charge is 2.38. The van der Waals surface area contributed by atoms with Gasteiger partial charge in [0.1, 0.15) is 11.5 Å². The van der Waals surface area contributed by atoms with Crippen LogP contribution in [-0.4, -0.2) is 22.2 Å². The molecule has 1 unspecified atom stereocenters. The number of amides is 1. The summed E-state index contributed by atoms with van der Waals surface area (Å²) in [6, 6.07) is 11.8. The number of nitrogens with two attached hydrogens (primary N) is 1. The van der Waals surface area contributed by atoms with Gasteiger partial charge in [-0.3, -0.25) is 5.32 Å². The summed E-state index contributed by atoms with van der Waals surface area (Å²) < 4.78 is 0. The molecule has 0 aliphatic carbocycles. The number of nitrogen functional groups attached to an aromatic ring is 1. The molecule has 3 rings (SSSR count). The summed E-state index contributed by atoms with van der Waals surface area (Å²) in [6.07, 6.45) is -1.18. The van der Waals surface area contributed by atoms with Crippen LogP contribution in [-0.2, 0) is 5.54 Å². The van der Waals surface area contributed by atoms with Crippen molar-refractivity contribution in [2.75, 3.05) is 21.7 Å². The molecule has 2 heterocycles. The van der Waals surface area contributed by atoms with Gasteiger partial charge in [-0.15, -0.1) is 0 Å². The molecule has 0 saturated carbocycles. The maximum atomic E-state index is 10.8. The Bertz CT molecular complexity index is 750. The van der Waals surface area contributed by atoms with Gasteiger partial charge in [0.05, 0.1) is 17.3 Å². The molecule has 0 fully saturated rings. The average Bonchev–Trinajstić information content (AvgIpc) is 2.50. The zero-order valence-electron chi connectivity index (χ0n) is 12.9. The van der Waals surface area contributed by atoms with Crippen molar-refractivity contribution in [2.24, 2.45) is 0 Å². The van der Waals surface area contributed by atoms with E-state index in [9.17, 15) is 4.79 Å². The zero-order chi connectivity index (χ0) is 16.6. The van der Waals surface area contributed by atoms with Gasteiger partial charge in [0.2, 0.25) is 0 Å². The van der Waals surface area contributed by atoms with Gasteiger partial charge in [-0.25, -0.2) is 9.78 Å². The van der Waals surface area contributed by atoms with Crippen molar-refractivity contribution in [3.05, 3.63) is 42.0 Å². The first-order valence-electron chi connectivity index (χ1n) is 7.31. The number of nitrogens with zero attached hydrogens (tertiary/aromatic N) is 1. The molecule has 1 aromatic carbocycles. The van der Waals surface area contributed by atoms with Crippen molar-refractivity contribution in [1.82, 2.24) is 4.98 Å². The average molecular weight is 313 g/mol. The largest absolute Gasteiger partial charge is 0.465 e. The summed E-state index contributed by atoms with van der Waals surface area (Å²) in [5.41, 5.74) is 8.17. The number of carbonyl (C=O) groups is 1. The minimum atomic E-state index is -1.18. The van der Waals surface area contributed by atoms with Crippen LogP contribution in [0.1, 0.15) is 19.4 Å². The zero-order valence-corrected chi connectivity index (χ0v) is 12.9. The lowest BCUT2D eigenvalue weighted by atomic mass is 9.83. The third kappa shape index (κ3) is 2.61. The van der Waals surface area contributed by atoms with Gasteiger partial charge in [-0.1, -0.05) is 30.3 Å². The van der Waals surface area contributed by atoms with Crippen LogP contribution in [0.25, 0.3) is 0 Å².